The highest BCUT2D eigenvalue weighted by Gasteiger charge is 2.09. The maximum atomic E-state index is 10.7. The topological polar surface area (TPSA) is 94.8 Å². The van der Waals surface area contributed by atoms with E-state index in [1.807, 2.05) is 13.8 Å². The van der Waals surface area contributed by atoms with Gasteiger partial charge in [0, 0.05) is 5.57 Å². The van der Waals surface area contributed by atoms with Crippen LogP contribution in [0.25, 0.3) is 0 Å². The third-order valence-corrected chi connectivity index (χ3v) is 1.56. The average molecular weight is 214 g/mol. The van der Waals surface area contributed by atoms with Crippen LogP contribution in [0.2, 0.25) is 0 Å². The van der Waals surface area contributed by atoms with E-state index in [0.29, 0.717) is 6.42 Å². The van der Waals surface area contributed by atoms with E-state index in [0.717, 1.165) is 12.2 Å². The summed E-state index contributed by atoms with van der Waals surface area (Å²) in [5, 5.41) is 25.9. The lowest BCUT2D eigenvalue weighted by atomic mass is 10.0. The van der Waals surface area contributed by atoms with Gasteiger partial charge in [-0.25, -0.2) is 9.59 Å². The maximum absolute atomic E-state index is 10.7. The molecule has 0 saturated heterocycles. The number of carboxylic acid groups (broad SMARTS) is 2. The molecule has 84 valence electrons. The Bertz CT molecular complexity index is 312. The molecule has 0 saturated carbocycles. The Labute approximate surface area is 87.4 Å². The van der Waals surface area contributed by atoms with Gasteiger partial charge in [-0.2, -0.15) is 0 Å². The standard InChI is InChI=1S/C10H14O5/c1-6(2)5-7(9(12)13)3-4-8(11)10(14)15/h3-4,6,11H,5H2,1-2H3,(H,12,13)(H,14,15). The summed E-state index contributed by atoms with van der Waals surface area (Å²) in [5.41, 5.74) is 0.0674. The quantitative estimate of drug-likeness (QED) is 0.367. The first kappa shape index (κ1) is 13.2. The fourth-order valence-corrected chi connectivity index (χ4v) is 0.917. The lowest BCUT2D eigenvalue weighted by Crippen LogP contribution is -2.04. The van der Waals surface area contributed by atoms with Crippen LogP contribution in [0.1, 0.15) is 20.3 Å². The summed E-state index contributed by atoms with van der Waals surface area (Å²) in [5.74, 6) is -3.33. The van der Waals surface area contributed by atoms with Crippen LogP contribution in [0, 0.1) is 5.92 Å². The van der Waals surface area contributed by atoms with Crippen LogP contribution >= 0.6 is 0 Å². The fourth-order valence-electron chi connectivity index (χ4n) is 0.917. The minimum absolute atomic E-state index is 0.0674. The minimum atomic E-state index is -1.49. The summed E-state index contributed by atoms with van der Waals surface area (Å²) in [6, 6.07) is 0. The third kappa shape index (κ3) is 5.51. The van der Waals surface area contributed by atoms with Crippen LogP contribution < -0.4 is 0 Å². The first-order valence-corrected chi connectivity index (χ1v) is 4.41. The zero-order valence-electron chi connectivity index (χ0n) is 8.60. The van der Waals surface area contributed by atoms with Crippen LogP contribution in [0.5, 0.6) is 0 Å². The SMILES string of the molecule is CC(C)CC(=CC=C(O)C(=O)O)C(=O)O. The summed E-state index contributed by atoms with van der Waals surface area (Å²) in [6.07, 6.45) is 2.29. The second-order valence-corrected chi connectivity index (χ2v) is 3.45. The number of carbonyl (C=O) groups is 2. The molecule has 15 heavy (non-hydrogen) atoms. The molecule has 0 rings (SSSR count). The van der Waals surface area contributed by atoms with Gasteiger partial charge in [-0.3, -0.25) is 0 Å². The first-order chi connectivity index (χ1) is 6.84. The zero-order valence-corrected chi connectivity index (χ0v) is 8.60. The van der Waals surface area contributed by atoms with E-state index >= 15 is 0 Å². The molecule has 0 aliphatic carbocycles. The summed E-state index contributed by atoms with van der Waals surface area (Å²) >= 11 is 0. The van der Waals surface area contributed by atoms with Crippen molar-refractivity contribution in [2.75, 3.05) is 0 Å². The van der Waals surface area contributed by atoms with Gasteiger partial charge in [0.05, 0.1) is 0 Å². The van der Waals surface area contributed by atoms with Gasteiger partial charge in [-0.15, -0.1) is 0 Å². The molecule has 5 heteroatoms. The smallest absolute Gasteiger partial charge is 0.370 e. The van der Waals surface area contributed by atoms with Crippen molar-refractivity contribution in [3.63, 3.8) is 0 Å². The average Bonchev–Trinajstić information content (AvgIpc) is 2.10. The Balaban J connectivity index is 4.78. The Morgan fingerprint density at radius 2 is 1.60 bits per heavy atom. The Morgan fingerprint density at radius 3 is 1.93 bits per heavy atom. The summed E-state index contributed by atoms with van der Waals surface area (Å²) in [7, 11) is 0. The number of aliphatic hydroxyl groups excluding tert-OH is 1. The van der Waals surface area contributed by atoms with Gasteiger partial charge < -0.3 is 15.3 Å². The number of rotatable bonds is 5. The molecule has 0 radical (unpaired) electrons. The predicted molar refractivity (Wildman–Crippen MR) is 53.5 cm³/mol. The van der Waals surface area contributed by atoms with E-state index in [4.69, 9.17) is 15.3 Å². The minimum Gasteiger partial charge on any atom is -0.502 e. The van der Waals surface area contributed by atoms with Crippen LogP contribution in [-0.4, -0.2) is 27.3 Å². The highest BCUT2D eigenvalue weighted by molar-refractivity contribution is 5.88. The number of allylic oxidation sites excluding steroid dienone is 2. The molecule has 0 aromatic rings. The van der Waals surface area contributed by atoms with Crippen LogP contribution in [0.15, 0.2) is 23.5 Å². The van der Waals surface area contributed by atoms with Crippen LogP contribution in [0.3, 0.4) is 0 Å². The Morgan fingerprint density at radius 1 is 1.07 bits per heavy atom. The largest absolute Gasteiger partial charge is 0.502 e. The summed E-state index contributed by atoms with van der Waals surface area (Å²) in [4.78, 5) is 20.9. The number of aliphatic hydroxyl groups is 1. The van der Waals surface area contributed by atoms with Gasteiger partial charge >= 0.3 is 11.9 Å². The van der Waals surface area contributed by atoms with Crippen molar-refractivity contribution in [2.45, 2.75) is 20.3 Å². The van der Waals surface area contributed by atoms with E-state index in [1.165, 1.54) is 0 Å². The highest BCUT2D eigenvalue weighted by atomic mass is 16.4. The van der Waals surface area contributed by atoms with Crippen molar-refractivity contribution in [3.05, 3.63) is 23.5 Å². The van der Waals surface area contributed by atoms with Crippen molar-refractivity contribution in [1.82, 2.24) is 0 Å². The molecular weight excluding hydrogens is 200 g/mol. The van der Waals surface area contributed by atoms with Gasteiger partial charge in [0.1, 0.15) is 0 Å². The second kappa shape index (κ2) is 5.85. The lowest BCUT2D eigenvalue weighted by Gasteiger charge is -2.04. The number of carboxylic acids is 2. The molecule has 5 nitrogen and oxygen atoms in total. The van der Waals surface area contributed by atoms with Crippen LogP contribution in [0.4, 0.5) is 0 Å². The van der Waals surface area contributed by atoms with Crippen molar-refractivity contribution < 1.29 is 24.9 Å². The number of aliphatic carboxylic acids is 2. The van der Waals surface area contributed by atoms with Gasteiger partial charge in [0.25, 0.3) is 0 Å². The Kier molecular flexibility index (Phi) is 5.15. The molecule has 0 aromatic carbocycles. The summed E-state index contributed by atoms with van der Waals surface area (Å²) in [6.45, 7) is 3.69. The summed E-state index contributed by atoms with van der Waals surface area (Å²) < 4.78 is 0. The van der Waals surface area contributed by atoms with Gasteiger partial charge in [0.2, 0.25) is 5.76 Å². The zero-order chi connectivity index (χ0) is 12.0. The second-order valence-electron chi connectivity index (χ2n) is 3.45. The van der Waals surface area contributed by atoms with Crippen molar-refractivity contribution in [2.24, 2.45) is 5.92 Å². The van der Waals surface area contributed by atoms with E-state index in [9.17, 15) is 9.59 Å². The molecule has 0 fully saturated rings. The van der Waals surface area contributed by atoms with Crippen molar-refractivity contribution in [3.8, 4) is 0 Å². The normalized spacial score (nSPS) is 13.0. The fraction of sp³-hybridized carbons (Fsp3) is 0.400. The van der Waals surface area contributed by atoms with Crippen molar-refractivity contribution in [1.29, 1.82) is 0 Å². The molecule has 0 atom stereocenters. The number of hydrogen-bond donors (Lipinski definition) is 3. The molecular formula is C10H14O5. The molecule has 0 aromatic heterocycles. The molecule has 0 amide bonds. The molecule has 0 aliphatic heterocycles. The Hall–Kier alpha value is -1.78. The maximum Gasteiger partial charge on any atom is 0.370 e. The van der Waals surface area contributed by atoms with Crippen molar-refractivity contribution >= 4 is 11.9 Å². The molecule has 0 bridgehead atoms. The van der Waals surface area contributed by atoms with E-state index in [1.54, 1.807) is 0 Å². The first-order valence-electron chi connectivity index (χ1n) is 4.41. The lowest BCUT2D eigenvalue weighted by molar-refractivity contribution is -0.135. The molecule has 0 spiro atoms. The van der Waals surface area contributed by atoms with E-state index < -0.39 is 17.7 Å². The van der Waals surface area contributed by atoms with Gasteiger partial charge in [-0.1, -0.05) is 13.8 Å². The van der Waals surface area contributed by atoms with Crippen LogP contribution in [-0.2, 0) is 9.59 Å². The monoisotopic (exact) mass is 214 g/mol. The molecule has 3 N–H and O–H groups in total. The van der Waals surface area contributed by atoms with Gasteiger partial charge in [-0.05, 0) is 24.5 Å². The third-order valence-electron chi connectivity index (χ3n) is 1.56. The molecule has 0 aliphatic rings. The highest BCUT2D eigenvalue weighted by Crippen LogP contribution is 2.11. The molecule has 0 heterocycles. The van der Waals surface area contributed by atoms with E-state index in [-0.39, 0.29) is 11.5 Å². The van der Waals surface area contributed by atoms with E-state index in [2.05, 4.69) is 0 Å². The van der Waals surface area contributed by atoms with Gasteiger partial charge in [0.15, 0.2) is 0 Å². The number of hydrogen-bond acceptors (Lipinski definition) is 3. The molecule has 0 unspecified atom stereocenters. The predicted octanol–water partition coefficient (Wildman–Crippen LogP) is 1.57.